The van der Waals surface area contributed by atoms with Crippen molar-refractivity contribution < 1.29 is 13.6 Å². The molecule has 0 saturated carbocycles. The van der Waals surface area contributed by atoms with Crippen molar-refractivity contribution in [1.29, 1.82) is 5.26 Å². The number of hydrogen-bond acceptors (Lipinski definition) is 2. The first-order valence-corrected chi connectivity index (χ1v) is 5.31. The highest BCUT2D eigenvalue weighted by Crippen LogP contribution is 2.13. The van der Waals surface area contributed by atoms with Crippen LogP contribution in [0.4, 0.5) is 8.78 Å². The first-order chi connectivity index (χ1) is 8.43. The van der Waals surface area contributed by atoms with E-state index < -0.39 is 17.5 Å². The Morgan fingerprint density at radius 1 is 1.44 bits per heavy atom. The number of hydrogen-bond donors (Lipinski definition) is 1. The Kier molecular flexibility index (Phi) is 4.55. The predicted molar refractivity (Wildman–Crippen MR) is 63.2 cm³/mol. The molecule has 0 heterocycles. The third-order valence-corrected chi connectivity index (χ3v) is 2.04. The van der Waals surface area contributed by atoms with Crippen LogP contribution in [0.3, 0.4) is 0 Å². The first-order valence-electron chi connectivity index (χ1n) is 5.31. The summed E-state index contributed by atoms with van der Waals surface area (Å²) >= 11 is 0. The van der Waals surface area contributed by atoms with Gasteiger partial charge >= 0.3 is 0 Å². The summed E-state index contributed by atoms with van der Waals surface area (Å²) in [5, 5.41) is 11.3. The molecule has 0 atom stereocenters. The van der Waals surface area contributed by atoms with Crippen molar-refractivity contribution in [2.24, 2.45) is 0 Å². The molecule has 1 aromatic rings. The lowest BCUT2D eigenvalue weighted by molar-refractivity contribution is -0.117. The molecule has 0 aromatic heterocycles. The number of nitrogens with one attached hydrogen (secondary N) is 1. The summed E-state index contributed by atoms with van der Waals surface area (Å²) in [7, 11) is 0. The van der Waals surface area contributed by atoms with Crippen molar-refractivity contribution >= 4 is 12.0 Å². The van der Waals surface area contributed by atoms with Gasteiger partial charge in [0.05, 0.1) is 0 Å². The monoisotopic (exact) mass is 250 g/mol. The predicted octanol–water partition coefficient (Wildman–Crippen LogP) is 2.40. The van der Waals surface area contributed by atoms with E-state index in [2.05, 4.69) is 5.32 Å². The maximum Gasteiger partial charge on any atom is 0.262 e. The molecular weight excluding hydrogens is 238 g/mol. The lowest BCUT2D eigenvalue weighted by Crippen LogP contribution is -2.30. The molecule has 0 radical (unpaired) electrons. The van der Waals surface area contributed by atoms with Crippen LogP contribution in [0, 0.1) is 23.0 Å². The quantitative estimate of drug-likeness (QED) is 0.661. The van der Waals surface area contributed by atoms with Crippen LogP contribution in [0.15, 0.2) is 23.8 Å². The number of amides is 1. The van der Waals surface area contributed by atoms with Crippen molar-refractivity contribution in [1.82, 2.24) is 5.32 Å². The van der Waals surface area contributed by atoms with Crippen molar-refractivity contribution in [3.05, 3.63) is 41.0 Å². The second-order valence-corrected chi connectivity index (χ2v) is 3.96. The van der Waals surface area contributed by atoms with E-state index in [9.17, 15) is 13.6 Å². The standard InChI is InChI=1S/C13H12F2N2O/c1-8(2)17-13(18)10(7-16)5-9-6-11(14)3-4-12(9)15/h3-6,8H,1-2H3,(H,17,18)/b10-5+. The summed E-state index contributed by atoms with van der Waals surface area (Å²) in [5.74, 6) is -1.94. The Morgan fingerprint density at radius 2 is 2.11 bits per heavy atom. The first kappa shape index (κ1) is 13.8. The van der Waals surface area contributed by atoms with Gasteiger partial charge in [-0.05, 0) is 38.1 Å². The molecule has 1 aromatic carbocycles. The number of rotatable bonds is 3. The van der Waals surface area contributed by atoms with Crippen LogP contribution in [-0.4, -0.2) is 11.9 Å². The van der Waals surface area contributed by atoms with Gasteiger partial charge in [-0.2, -0.15) is 5.26 Å². The average molecular weight is 250 g/mol. The summed E-state index contributed by atoms with van der Waals surface area (Å²) in [6, 6.07) is 4.35. The second-order valence-electron chi connectivity index (χ2n) is 3.96. The van der Waals surface area contributed by atoms with E-state index >= 15 is 0 Å². The summed E-state index contributed by atoms with van der Waals surface area (Å²) in [6.07, 6.45) is 1.02. The molecule has 0 fully saturated rings. The average Bonchev–Trinajstić information content (AvgIpc) is 2.29. The molecule has 0 aliphatic rings. The summed E-state index contributed by atoms with van der Waals surface area (Å²) in [5.41, 5.74) is -0.404. The van der Waals surface area contributed by atoms with Gasteiger partial charge in [0.1, 0.15) is 23.3 Å². The van der Waals surface area contributed by atoms with E-state index in [-0.39, 0.29) is 17.2 Å². The van der Waals surface area contributed by atoms with E-state index in [1.165, 1.54) is 0 Å². The Bertz CT molecular complexity index is 530. The fourth-order valence-electron chi connectivity index (χ4n) is 1.27. The van der Waals surface area contributed by atoms with E-state index in [1.54, 1.807) is 19.9 Å². The molecule has 18 heavy (non-hydrogen) atoms. The molecule has 5 heteroatoms. The van der Waals surface area contributed by atoms with Gasteiger partial charge in [-0.15, -0.1) is 0 Å². The highest BCUT2D eigenvalue weighted by molar-refractivity contribution is 6.01. The number of benzene rings is 1. The Hall–Kier alpha value is -2.22. The molecule has 0 aliphatic heterocycles. The second kappa shape index (κ2) is 5.92. The number of carbonyl (C=O) groups excluding carboxylic acids is 1. The summed E-state index contributed by atoms with van der Waals surface area (Å²) in [6.45, 7) is 3.46. The molecule has 0 spiro atoms. The molecule has 0 bridgehead atoms. The van der Waals surface area contributed by atoms with E-state index in [1.807, 2.05) is 0 Å². The van der Waals surface area contributed by atoms with Gasteiger partial charge in [0.15, 0.2) is 0 Å². The zero-order valence-corrected chi connectivity index (χ0v) is 10.00. The largest absolute Gasteiger partial charge is 0.349 e. The van der Waals surface area contributed by atoms with Crippen LogP contribution in [-0.2, 0) is 4.79 Å². The number of nitriles is 1. The molecule has 1 amide bonds. The van der Waals surface area contributed by atoms with Crippen LogP contribution in [0.2, 0.25) is 0 Å². The highest BCUT2D eigenvalue weighted by Gasteiger charge is 2.11. The van der Waals surface area contributed by atoms with Gasteiger partial charge in [0.2, 0.25) is 0 Å². The van der Waals surface area contributed by atoms with E-state index in [4.69, 9.17) is 5.26 Å². The lowest BCUT2D eigenvalue weighted by Gasteiger charge is -2.07. The minimum absolute atomic E-state index is 0.134. The molecule has 1 rings (SSSR count). The lowest BCUT2D eigenvalue weighted by atomic mass is 10.1. The topological polar surface area (TPSA) is 52.9 Å². The molecule has 0 aliphatic carbocycles. The molecule has 94 valence electrons. The third kappa shape index (κ3) is 3.67. The Balaban J connectivity index is 3.08. The SMILES string of the molecule is CC(C)NC(=O)/C(C#N)=C/c1cc(F)ccc1F. The fourth-order valence-corrected chi connectivity index (χ4v) is 1.27. The van der Waals surface area contributed by atoms with Crippen LogP contribution in [0.1, 0.15) is 19.4 Å². The smallest absolute Gasteiger partial charge is 0.262 e. The molecular formula is C13H12F2N2O. The van der Waals surface area contributed by atoms with Crippen LogP contribution in [0.5, 0.6) is 0 Å². The van der Waals surface area contributed by atoms with Crippen molar-refractivity contribution in [3.63, 3.8) is 0 Å². The van der Waals surface area contributed by atoms with Gasteiger partial charge in [-0.3, -0.25) is 4.79 Å². The maximum absolute atomic E-state index is 13.3. The Morgan fingerprint density at radius 3 is 2.67 bits per heavy atom. The van der Waals surface area contributed by atoms with Crippen LogP contribution < -0.4 is 5.32 Å². The Labute approximate surface area is 104 Å². The van der Waals surface area contributed by atoms with Crippen molar-refractivity contribution in [2.45, 2.75) is 19.9 Å². The van der Waals surface area contributed by atoms with E-state index in [0.717, 1.165) is 24.3 Å². The molecule has 0 unspecified atom stereocenters. The van der Waals surface area contributed by atoms with Crippen molar-refractivity contribution in [3.8, 4) is 6.07 Å². The summed E-state index contributed by atoms with van der Waals surface area (Å²) in [4.78, 5) is 11.6. The van der Waals surface area contributed by atoms with Crippen LogP contribution in [0.25, 0.3) is 6.08 Å². The normalized spacial score (nSPS) is 11.2. The number of nitrogens with zero attached hydrogens (tertiary/aromatic N) is 1. The fraction of sp³-hybridized carbons (Fsp3) is 0.231. The van der Waals surface area contributed by atoms with Gasteiger partial charge in [-0.1, -0.05) is 0 Å². The zero-order valence-electron chi connectivity index (χ0n) is 10.00. The van der Waals surface area contributed by atoms with Gasteiger partial charge in [-0.25, -0.2) is 8.78 Å². The number of halogens is 2. The zero-order chi connectivity index (χ0) is 13.7. The van der Waals surface area contributed by atoms with Gasteiger partial charge < -0.3 is 5.32 Å². The van der Waals surface area contributed by atoms with Gasteiger partial charge in [0.25, 0.3) is 5.91 Å². The third-order valence-electron chi connectivity index (χ3n) is 2.04. The minimum Gasteiger partial charge on any atom is -0.349 e. The number of carbonyl (C=O) groups is 1. The maximum atomic E-state index is 13.3. The van der Waals surface area contributed by atoms with Crippen LogP contribution >= 0.6 is 0 Å². The summed E-state index contributed by atoms with van der Waals surface area (Å²) < 4.78 is 26.3. The van der Waals surface area contributed by atoms with E-state index in [0.29, 0.717) is 0 Å². The molecule has 1 N–H and O–H groups in total. The highest BCUT2D eigenvalue weighted by atomic mass is 19.1. The minimum atomic E-state index is -0.693. The molecule has 3 nitrogen and oxygen atoms in total. The molecule has 0 saturated heterocycles. The van der Waals surface area contributed by atoms with Crippen molar-refractivity contribution in [2.75, 3.05) is 0 Å². The van der Waals surface area contributed by atoms with Gasteiger partial charge in [0, 0.05) is 11.6 Å².